The summed E-state index contributed by atoms with van der Waals surface area (Å²) in [7, 11) is 0. The average Bonchev–Trinajstić information content (AvgIpc) is 2.68. The Morgan fingerprint density at radius 1 is 1.04 bits per heavy atom. The number of rotatable bonds is 7. The number of hydrogen-bond acceptors (Lipinski definition) is 5. The van der Waals surface area contributed by atoms with Crippen LogP contribution in [0.1, 0.15) is 28.5 Å². The molecule has 6 nitrogen and oxygen atoms in total. The highest BCUT2D eigenvalue weighted by Gasteiger charge is 2.13. The minimum absolute atomic E-state index is 0.255. The van der Waals surface area contributed by atoms with Crippen LogP contribution in [0.3, 0.4) is 0 Å². The van der Waals surface area contributed by atoms with E-state index in [1.54, 1.807) is 36.7 Å². The summed E-state index contributed by atoms with van der Waals surface area (Å²) in [6, 6.07) is 14.4. The van der Waals surface area contributed by atoms with E-state index < -0.39 is 0 Å². The first-order chi connectivity index (χ1) is 13.2. The summed E-state index contributed by atoms with van der Waals surface area (Å²) in [5.41, 5.74) is 2.31. The molecule has 6 heteroatoms. The molecule has 0 radical (unpaired) electrons. The van der Waals surface area contributed by atoms with Crippen molar-refractivity contribution in [3.05, 3.63) is 77.7 Å². The number of amides is 1. The molecular formula is C21H21N3O3. The molecule has 27 heavy (non-hydrogen) atoms. The van der Waals surface area contributed by atoms with Crippen LogP contribution >= 0.6 is 0 Å². The van der Waals surface area contributed by atoms with Gasteiger partial charge in [-0.3, -0.25) is 9.78 Å². The fourth-order valence-corrected chi connectivity index (χ4v) is 2.48. The summed E-state index contributed by atoms with van der Waals surface area (Å²) in [4.78, 5) is 20.8. The summed E-state index contributed by atoms with van der Waals surface area (Å²) in [6.45, 7) is 4.62. The lowest BCUT2D eigenvalue weighted by molar-refractivity contribution is 0.102. The normalized spacial score (nSPS) is 10.3. The molecule has 0 aliphatic heterocycles. The number of pyridine rings is 2. The van der Waals surface area contributed by atoms with E-state index >= 15 is 0 Å². The SMILES string of the molecule is CCOc1cc(C(=O)Nc2cccc(C)n2)ccc1OCc1ccncc1. The molecule has 0 aliphatic carbocycles. The largest absolute Gasteiger partial charge is 0.490 e. The van der Waals surface area contributed by atoms with Crippen molar-refractivity contribution in [1.82, 2.24) is 9.97 Å². The quantitative estimate of drug-likeness (QED) is 0.686. The molecule has 2 aromatic heterocycles. The van der Waals surface area contributed by atoms with Gasteiger partial charge in [-0.25, -0.2) is 4.98 Å². The van der Waals surface area contributed by atoms with Crippen LogP contribution in [0.25, 0.3) is 0 Å². The second-order valence-electron chi connectivity index (χ2n) is 5.86. The number of aromatic nitrogens is 2. The first-order valence-corrected chi connectivity index (χ1v) is 8.69. The van der Waals surface area contributed by atoms with Crippen molar-refractivity contribution < 1.29 is 14.3 Å². The van der Waals surface area contributed by atoms with E-state index in [1.807, 2.05) is 38.1 Å². The molecule has 2 heterocycles. The Labute approximate surface area is 158 Å². The standard InChI is InChI=1S/C21H21N3O3/c1-3-26-19-13-17(21(25)24-20-6-4-5-15(2)23-20)7-8-18(19)27-14-16-9-11-22-12-10-16/h4-13H,3,14H2,1-2H3,(H,23,24,25). The number of carbonyl (C=O) groups is 1. The van der Waals surface area contributed by atoms with Crippen LogP contribution in [0.2, 0.25) is 0 Å². The van der Waals surface area contributed by atoms with Crippen LogP contribution in [0.15, 0.2) is 60.9 Å². The smallest absolute Gasteiger partial charge is 0.256 e. The minimum Gasteiger partial charge on any atom is -0.490 e. The Hall–Kier alpha value is -3.41. The van der Waals surface area contributed by atoms with Crippen LogP contribution in [0, 0.1) is 6.92 Å². The maximum atomic E-state index is 12.5. The number of aryl methyl sites for hydroxylation is 1. The number of benzene rings is 1. The van der Waals surface area contributed by atoms with Crippen molar-refractivity contribution in [2.24, 2.45) is 0 Å². The summed E-state index contributed by atoms with van der Waals surface area (Å²) in [6.07, 6.45) is 3.43. The van der Waals surface area contributed by atoms with Crippen molar-refractivity contribution in [2.45, 2.75) is 20.5 Å². The van der Waals surface area contributed by atoms with Gasteiger partial charge in [0.2, 0.25) is 0 Å². The molecule has 1 N–H and O–H groups in total. The Morgan fingerprint density at radius 2 is 1.85 bits per heavy atom. The summed E-state index contributed by atoms with van der Waals surface area (Å²) >= 11 is 0. The van der Waals surface area contributed by atoms with Gasteiger partial charge in [-0.15, -0.1) is 0 Å². The number of nitrogens with zero attached hydrogens (tertiary/aromatic N) is 2. The molecular weight excluding hydrogens is 342 g/mol. The third-order valence-corrected chi connectivity index (χ3v) is 3.78. The number of ether oxygens (including phenoxy) is 2. The maximum Gasteiger partial charge on any atom is 0.256 e. The van der Waals surface area contributed by atoms with Gasteiger partial charge >= 0.3 is 0 Å². The fourth-order valence-electron chi connectivity index (χ4n) is 2.48. The molecule has 0 saturated carbocycles. The van der Waals surface area contributed by atoms with Crippen molar-refractivity contribution in [1.29, 1.82) is 0 Å². The Morgan fingerprint density at radius 3 is 2.59 bits per heavy atom. The molecule has 0 aliphatic rings. The minimum atomic E-state index is -0.255. The molecule has 0 fully saturated rings. The predicted molar refractivity (Wildman–Crippen MR) is 103 cm³/mol. The highest BCUT2D eigenvalue weighted by atomic mass is 16.5. The van der Waals surface area contributed by atoms with Gasteiger partial charge in [-0.2, -0.15) is 0 Å². The second-order valence-corrected chi connectivity index (χ2v) is 5.86. The number of carbonyl (C=O) groups excluding carboxylic acids is 1. The van der Waals surface area contributed by atoms with E-state index in [0.717, 1.165) is 11.3 Å². The van der Waals surface area contributed by atoms with Crippen molar-refractivity contribution in [3.63, 3.8) is 0 Å². The number of nitrogens with one attached hydrogen (secondary N) is 1. The lowest BCUT2D eigenvalue weighted by Gasteiger charge is -2.13. The molecule has 1 aromatic carbocycles. The molecule has 0 spiro atoms. The van der Waals surface area contributed by atoms with Gasteiger partial charge in [0.25, 0.3) is 5.91 Å². The molecule has 138 valence electrons. The van der Waals surface area contributed by atoms with E-state index in [4.69, 9.17) is 9.47 Å². The van der Waals surface area contributed by atoms with Gasteiger partial charge in [0.15, 0.2) is 11.5 Å². The van der Waals surface area contributed by atoms with Crippen molar-refractivity contribution in [2.75, 3.05) is 11.9 Å². The summed E-state index contributed by atoms with van der Waals surface area (Å²) in [5, 5.41) is 2.79. The van der Waals surface area contributed by atoms with Crippen LogP contribution < -0.4 is 14.8 Å². The fraction of sp³-hybridized carbons (Fsp3) is 0.190. The highest BCUT2D eigenvalue weighted by molar-refractivity contribution is 6.04. The topological polar surface area (TPSA) is 73.3 Å². The van der Waals surface area contributed by atoms with E-state index in [1.165, 1.54) is 0 Å². The maximum absolute atomic E-state index is 12.5. The van der Waals surface area contributed by atoms with Crippen LogP contribution in [-0.2, 0) is 6.61 Å². The van der Waals surface area contributed by atoms with Gasteiger partial charge in [-0.05, 0) is 61.9 Å². The van der Waals surface area contributed by atoms with E-state index in [2.05, 4.69) is 15.3 Å². The first-order valence-electron chi connectivity index (χ1n) is 8.69. The third kappa shape index (κ3) is 5.04. The van der Waals surface area contributed by atoms with Crippen molar-refractivity contribution >= 4 is 11.7 Å². The Balaban J connectivity index is 1.75. The highest BCUT2D eigenvalue weighted by Crippen LogP contribution is 2.29. The molecule has 3 rings (SSSR count). The molecule has 1 amide bonds. The van der Waals surface area contributed by atoms with Gasteiger partial charge in [0, 0.05) is 23.7 Å². The third-order valence-electron chi connectivity index (χ3n) is 3.78. The zero-order valence-corrected chi connectivity index (χ0v) is 15.3. The summed E-state index contributed by atoms with van der Waals surface area (Å²) in [5.74, 6) is 1.36. The van der Waals surface area contributed by atoms with E-state index in [-0.39, 0.29) is 5.91 Å². The zero-order chi connectivity index (χ0) is 19.1. The lowest BCUT2D eigenvalue weighted by Crippen LogP contribution is -2.13. The van der Waals surface area contributed by atoms with E-state index in [9.17, 15) is 4.79 Å². The lowest BCUT2D eigenvalue weighted by atomic mass is 10.2. The van der Waals surface area contributed by atoms with Gasteiger partial charge < -0.3 is 14.8 Å². The zero-order valence-electron chi connectivity index (χ0n) is 15.3. The Kier molecular flexibility index (Phi) is 5.99. The molecule has 3 aromatic rings. The van der Waals surface area contributed by atoms with Crippen LogP contribution in [0.5, 0.6) is 11.5 Å². The molecule has 0 bridgehead atoms. The van der Waals surface area contributed by atoms with Crippen LogP contribution in [-0.4, -0.2) is 22.5 Å². The molecule has 0 unspecified atom stereocenters. The van der Waals surface area contributed by atoms with Crippen molar-refractivity contribution in [3.8, 4) is 11.5 Å². The Bertz CT molecular complexity index is 914. The number of hydrogen-bond donors (Lipinski definition) is 1. The average molecular weight is 363 g/mol. The molecule has 0 atom stereocenters. The van der Waals surface area contributed by atoms with Gasteiger partial charge in [0.05, 0.1) is 6.61 Å². The monoisotopic (exact) mass is 363 g/mol. The van der Waals surface area contributed by atoms with Gasteiger partial charge in [-0.1, -0.05) is 6.07 Å². The van der Waals surface area contributed by atoms with Crippen LogP contribution in [0.4, 0.5) is 5.82 Å². The second kappa shape index (κ2) is 8.80. The molecule has 0 saturated heterocycles. The first kappa shape index (κ1) is 18.4. The predicted octanol–water partition coefficient (Wildman–Crippen LogP) is 4.02. The van der Waals surface area contributed by atoms with Gasteiger partial charge in [0.1, 0.15) is 12.4 Å². The summed E-state index contributed by atoms with van der Waals surface area (Å²) < 4.78 is 11.5. The van der Waals surface area contributed by atoms with E-state index in [0.29, 0.717) is 36.1 Å². The number of anilines is 1.